The van der Waals surface area contributed by atoms with E-state index in [1.165, 1.54) is 11.3 Å². The summed E-state index contributed by atoms with van der Waals surface area (Å²) >= 11 is 1.36. The molecule has 196 valence electrons. The predicted octanol–water partition coefficient (Wildman–Crippen LogP) is 7.37. The molecule has 6 aromatic rings. The summed E-state index contributed by atoms with van der Waals surface area (Å²) in [4.78, 5) is 19.2. The summed E-state index contributed by atoms with van der Waals surface area (Å²) in [5.41, 5.74) is 9.18. The van der Waals surface area contributed by atoms with Crippen molar-refractivity contribution in [1.29, 1.82) is 0 Å². The number of hydrazone groups is 1. The van der Waals surface area contributed by atoms with Crippen LogP contribution in [0, 0.1) is 0 Å². The Morgan fingerprint density at radius 2 is 1.43 bits per heavy atom. The first-order valence-corrected chi connectivity index (χ1v) is 13.8. The summed E-state index contributed by atoms with van der Waals surface area (Å²) in [6.45, 7) is 0.637. The molecule has 40 heavy (non-hydrogen) atoms. The molecule has 6 nitrogen and oxygen atoms in total. The normalized spacial score (nSPS) is 10.9. The molecule has 0 aliphatic rings. The number of carbonyl (C=O) groups is 1. The quantitative estimate of drug-likeness (QED) is 0.112. The molecule has 0 atom stereocenters. The van der Waals surface area contributed by atoms with Crippen LogP contribution in [0.1, 0.15) is 32.2 Å². The van der Waals surface area contributed by atoms with Crippen LogP contribution in [0.25, 0.3) is 11.0 Å². The zero-order valence-electron chi connectivity index (χ0n) is 21.6. The molecule has 0 amide bonds. The molecule has 2 heterocycles. The number of hydrogen-bond acceptors (Lipinski definition) is 6. The first-order chi connectivity index (χ1) is 19.8. The summed E-state index contributed by atoms with van der Waals surface area (Å²) in [7, 11) is 0. The molecule has 4 aromatic carbocycles. The molecular formula is C33H26N4O2S. The van der Waals surface area contributed by atoms with Gasteiger partial charge in [-0.2, -0.15) is 5.10 Å². The van der Waals surface area contributed by atoms with Crippen molar-refractivity contribution >= 4 is 39.6 Å². The molecule has 0 spiro atoms. The third-order valence-corrected chi connectivity index (χ3v) is 7.36. The summed E-state index contributed by atoms with van der Waals surface area (Å²) in [5, 5.41) is 6.64. The number of imidazole rings is 1. The van der Waals surface area contributed by atoms with Gasteiger partial charge < -0.3 is 4.74 Å². The monoisotopic (exact) mass is 542 g/mol. The molecule has 0 saturated carbocycles. The van der Waals surface area contributed by atoms with E-state index in [1.807, 2.05) is 131 Å². The summed E-state index contributed by atoms with van der Waals surface area (Å²) < 4.78 is 7.86. The second kappa shape index (κ2) is 11.9. The van der Waals surface area contributed by atoms with E-state index in [-0.39, 0.29) is 12.5 Å². The van der Waals surface area contributed by atoms with Gasteiger partial charge in [0.1, 0.15) is 11.6 Å². The van der Waals surface area contributed by atoms with E-state index in [2.05, 4.69) is 5.43 Å². The second-order valence-electron chi connectivity index (χ2n) is 9.11. The summed E-state index contributed by atoms with van der Waals surface area (Å²) in [6.07, 6.45) is 0. The maximum atomic E-state index is 13.9. The molecule has 6 rings (SSSR count). The number of ether oxygens (including phenoxy) is 1. The van der Waals surface area contributed by atoms with Gasteiger partial charge in [0.2, 0.25) is 5.78 Å². The Labute approximate surface area is 236 Å². The van der Waals surface area contributed by atoms with E-state index in [1.54, 1.807) is 0 Å². The van der Waals surface area contributed by atoms with Crippen molar-refractivity contribution in [3.8, 4) is 0 Å². The van der Waals surface area contributed by atoms with Crippen LogP contribution in [0.2, 0.25) is 0 Å². The molecule has 0 aliphatic carbocycles. The second-order valence-corrected chi connectivity index (χ2v) is 10.0. The van der Waals surface area contributed by atoms with E-state index in [0.29, 0.717) is 23.0 Å². The lowest BCUT2D eigenvalue weighted by Gasteiger charge is -2.11. The van der Waals surface area contributed by atoms with Crippen LogP contribution in [0.5, 0.6) is 0 Å². The molecule has 2 aromatic heterocycles. The van der Waals surface area contributed by atoms with Crippen LogP contribution in [0.4, 0.5) is 5.69 Å². The Morgan fingerprint density at radius 1 is 0.800 bits per heavy atom. The lowest BCUT2D eigenvalue weighted by molar-refractivity contribution is 0.0635. The molecule has 0 saturated heterocycles. The van der Waals surface area contributed by atoms with Gasteiger partial charge in [-0.1, -0.05) is 103 Å². The number of rotatable bonds is 10. The van der Waals surface area contributed by atoms with Crippen LogP contribution >= 0.6 is 11.3 Å². The minimum Gasteiger partial charge on any atom is -0.356 e. The zero-order valence-corrected chi connectivity index (χ0v) is 22.4. The Morgan fingerprint density at radius 3 is 2.12 bits per heavy atom. The molecule has 7 heteroatoms. The van der Waals surface area contributed by atoms with Gasteiger partial charge in [0.25, 0.3) is 0 Å². The number of thiophene rings is 1. The standard InChI is InChI=1S/C33H26N4O2S/c38-31(33-34-27-18-10-11-19-29(27)37(33)23-39-22-24-12-4-1-5-13-24)32-28(20-21-40-32)35-36-30(25-14-6-2-7-15-25)26-16-8-3-9-17-26/h1-21,35H,22-23H2. The van der Waals surface area contributed by atoms with E-state index < -0.39 is 0 Å². The van der Waals surface area contributed by atoms with Gasteiger partial charge in [0.15, 0.2) is 5.82 Å². The maximum Gasteiger partial charge on any atom is 0.240 e. The summed E-state index contributed by atoms with van der Waals surface area (Å²) in [5.74, 6) is 0.142. The number of nitrogens with zero attached hydrogens (tertiary/aromatic N) is 3. The smallest absolute Gasteiger partial charge is 0.240 e. The molecule has 0 radical (unpaired) electrons. The first-order valence-electron chi connectivity index (χ1n) is 12.9. The van der Waals surface area contributed by atoms with Crippen LogP contribution in [-0.2, 0) is 18.1 Å². The van der Waals surface area contributed by atoms with E-state index in [9.17, 15) is 4.79 Å². The Bertz CT molecular complexity index is 1720. The Kier molecular flexibility index (Phi) is 7.57. The van der Waals surface area contributed by atoms with Gasteiger partial charge in [0.05, 0.1) is 29.0 Å². The van der Waals surface area contributed by atoms with Crippen molar-refractivity contribution in [3.63, 3.8) is 0 Å². The predicted molar refractivity (Wildman–Crippen MR) is 161 cm³/mol. The number of fused-ring (bicyclic) bond motifs is 1. The van der Waals surface area contributed by atoms with Gasteiger partial charge in [0, 0.05) is 11.1 Å². The third kappa shape index (κ3) is 5.47. The molecular weight excluding hydrogens is 516 g/mol. The highest BCUT2D eigenvalue weighted by Gasteiger charge is 2.23. The van der Waals surface area contributed by atoms with Crippen molar-refractivity contribution in [1.82, 2.24) is 9.55 Å². The molecule has 0 bridgehead atoms. The van der Waals surface area contributed by atoms with Crippen molar-refractivity contribution in [2.45, 2.75) is 13.3 Å². The van der Waals surface area contributed by atoms with Gasteiger partial charge in [-0.15, -0.1) is 11.3 Å². The highest BCUT2D eigenvalue weighted by atomic mass is 32.1. The number of nitrogens with one attached hydrogen (secondary N) is 1. The zero-order chi connectivity index (χ0) is 27.1. The maximum absolute atomic E-state index is 13.9. The molecule has 1 N–H and O–H groups in total. The molecule has 0 aliphatic heterocycles. The van der Waals surface area contributed by atoms with E-state index in [0.717, 1.165) is 33.4 Å². The minimum absolute atomic E-state index is 0.187. The minimum atomic E-state index is -0.187. The highest BCUT2D eigenvalue weighted by molar-refractivity contribution is 7.13. The highest BCUT2D eigenvalue weighted by Crippen LogP contribution is 2.28. The number of ketones is 1. The molecule has 0 fully saturated rings. The average molecular weight is 543 g/mol. The van der Waals surface area contributed by atoms with Gasteiger partial charge >= 0.3 is 0 Å². The number of benzene rings is 4. The Hall–Kier alpha value is -4.85. The fourth-order valence-electron chi connectivity index (χ4n) is 4.49. The van der Waals surface area contributed by atoms with E-state index >= 15 is 0 Å². The van der Waals surface area contributed by atoms with E-state index in [4.69, 9.17) is 14.8 Å². The van der Waals surface area contributed by atoms with Gasteiger partial charge in [-0.05, 0) is 29.1 Å². The lowest BCUT2D eigenvalue weighted by Crippen LogP contribution is -2.14. The number of carbonyl (C=O) groups excluding carboxylic acids is 1. The van der Waals surface area contributed by atoms with Gasteiger partial charge in [-0.3, -0.25) is 14.8 Å². The molecule has 0 unspecified atom stereocenters. The average Bonchev–Trinajstić information content (AvgIpc) is 3.64. The first kappa shape index (κ1) is 25.4. The fourth-order valence-corrected chi connectivity index (χ4v) is 5.27. The van der Waals surface area contributed by atoms with Gasteiger partial charge in [-0.25, -0.2) is 4.98 Å². The number of anilines is 1. The lowest BCUT2D eigenvalue weighted by atomic mass is 10.0. The van der Waals surface area contributed by atoms with Crippen molar-refractivity contribution in [2.24, 2.45) is 5.10 Å². The fraction of sp³-hybridized carbons (Fsp3) is 0.0606. The number of para-hydroxylation sites is 2. The van der Waals surface area contributed by atoms with Crippen molar-refractivity contribution < 1.29 is 9.53 Å². The van der Waals surface area contributed by atoms with Crippen LogP contribution in [0.15, 0.2) is 132 Å². The third-order valence-electron chi connectivity index (χ3n) is 6.44. The number of aromatic nitrogens is 2. The SMILES string of the molecule is O=C(c1sccc1NN=C(c1ccccc1)c1ccccc1)c1nc2ccccc2n1COCc1ccccc1. The summed E-state index contributed by atoms with van der Waals surface area (Å²) in [6, 6.07) is 39.5. The van der Waals surface area contributed by atoms with Crippen LogP contribution in [-0.4, -0.2) is 21.0 Å². The van der Waals surface area contributed by atoms with Crippen molar-refractivity contribution in [3.05, 3.63) is 154 Å². The number of hydrogen-bond donors (Lipinski definition) is 1. The largest absolute Gasteiger partial charge is 0.356 e. The van der Waals surface area contributed by atoms with Crippen LogP contribution < -0.4 is 5.43 Å². The van der Waals surface area contributed by atoms with Crippen LogP contribution in [0.3, 0.4) is 0 Å². The van der Waals surface area contributed by atoms with Crippen molar-refractivity contribution in [2.75, 3.05) is 5.43 Å². The topological polar surface area (TPSA) is 68.5 Å². The Balaban J connectivity index is 1.30.